The minimum atomic E-state index is -0.578. The number of benzene rings is 2. The van der Waals surface area contributed by atoms with Gasteiger partial charge in [-0.1, -0.05) is 32.0 Å². The highest BCUT2D eigenvalue weighted by Crippen LogP contribution is 2.28. The molecule has 0 spiro atoms. The molecule has 0 saturated carbocycles. The number of carbonyl (C=O) groups excluding carboxylic acids is 2. The van der Waals surface area contributed by atoms with E-state index in [0.29, 0.717) is 25.3 Å². The number of nitrogens with one attached hydrogen (secondary N) is 2. The first kappa shape index (κ1) is 21.0. The third kappa shape index (κ3) is 4.29. The molecule has 4 rings (SSSR count). The molecule has 1 aromatic heterocycles. The van der Waals surface area contributed by atoms with Gasteiger partial charge in [-0.15, -0.1) is 0 Å². The van der Waals surface area contributed by atoms with E-state index in [1.807, 2.05) is 37.8 Å². The zero-order valence-corrected chi connectivity index (χ0v) is 18.3. The van der Waals surface area contributed by atoms with E-state index in [1.54, 1.807) is 24.3 Å². The van der Waals surface area contributed by atoms with E-state index in [4.69, 9.17) is 4.74 Å². The molecule has 162 valence electrons. The number of hydrogen-bond donors (Lipinski definition) is 2. The molecule has 0 saturated heterocycles. The average Bonchev–Trinajstić information content (AvgIpc) is 3.15. The molecule has 2 aromatic carbocycles. The number of ether oxygens (including phenoxy) is 1. The molecular formula is C25H29N3O3. The third-order valence-electron chi connectivity index (χ3n) is 5.84. The molecule has 3 aromatic rings. The number of hydrogen-bond acceptors (Lipinski definition) is 3. The van der Waals surface area contributed by atoms with Crippen LogP contribution in [0, 0.1) is 5.92 Å². The lowest BCUT2D eigenvalue weighted by Crippen LogP contribution is -2.52. The molecular weight excluding hydrogens is 390 g/mol. The van der Waals surface area contributed by atoms with Gasteiger partial charge in [-0.25, -0.2) is 0 Å². The molecule has 0 fully saturated rings. The number of aromatic nitrogens is 1. The van der Waals surface area contributed by atoms with Gasteiger partial charge in [0.2, 0.25) is 5.91 Å². The zero-order valence-electron chi connectivity index (χ0n) is 18.3. The van der Waals surface area contributed by atoms with Crippen LogP contribution in [0.5, 0.6) is 5.75 Å². The molecule has 2 heterocycles. The summed E-state index contributed by atoms with van der Waals surface area (Å²) in [6.07, 6.45) is 0.785. The molecule has 0 radical (unpaired) electrons. The van der Waals surface area contributed by atoms with E-state index in [0.717, 1.165) is 23.1 Å². The van der Waals surface area contributed by atoms with Gasteiger partial charge in [-0.05, 0) is 43.2 Å². The zero-order chi connectivity index (χ0) is 22.0. The smallest absolute Gasteiger partial charge is 0.251 e. The van der Waals surface area contributed by atoms with Crippen LogP contribution in [-0.4, -0.2) is 40.9 Å². The largest absolute Gasteiger partial charge is 0.494 e. The van der Waals surface area contributed by atoms with Crippen molar-refractivity contribution in [1.29, 1.82) is 0 Å². The Hall–Kier alpha value is -3.28. The van der Waals surface area contributed by atoms with Crippen molar-refractivity contribution < 1.29 is 14.3 Å². The monoisotopic (exact) mass is 419 g/mol. The van der Waals surface area contributed by atoms with Crippen molar-refractivity contribution in [1.82, 2.24) is 15.2 Å². The van der Waals surface area contributed by atoms with Crippen molar-refractivity contribution in [3.8, 4) is 5.75 Å². The molecule has 6 nitrogen and oxygen atoms in total. The summed E-state index contributed by atoms with van der Waals surface area (Å²) in [4.78, 5) is 31.6. The van der Waals surface area contributed by atoms with Crippen molar-refractivity contribution in [3.05, 3.63) is 65.4 Å². The fourth-order valence-electron chi connectivity index (χ4n) is 4.16. The van der Waals surface area contributed by atoms with E-state index < -0.39 is 6.04 Å². The highest BCUT2D eigenvalue weighted by molar-refractivity contribution is 5.98. The summed E-state index contributed by atoms with van der Waals surface area (Å²) in [5.41, 5.74) is 3.99. The SMILES string of the molecule is CCOc1ccc(C(=O)N[C@@H](C(=O)N2CCc3[nH]c4ccccc4c3C2)C(C)C)cc1. The Morgan fingerprint density at radius 1 is 1.13 bits per heavy atom. The van der Waals surface area contributed by atoms with Crippen molar-refractivity contribution in [2.24, 2.45) is 5.92 Å². The topological polar surface area (TPSA) is 74.4 Å². The highest BCUT2D eigenvalue weighted by Gasteiger charge is 2.32. The number of rotatable bonds is 6. The Morgan fingerprint density at radius 2 is 1.87 bits per heavy atom. The fraction of sp³-hybridized carbons (Fsp3) is 0.360. The van der Waals surface area contributed by atoms with Crippen LogP contribution < -0.4 is 10.1 Å². The van der Waals surface area contributed by atoms with Gasteiger partial charge in [0.15, 0.2) is 0 Å². The summed E-state index contributed by atoms with van der Waals surface area (Å²) in [6.45, 7) is 7.61. The summed E-state index contributed by atoms with van der Waals surface area (Å²) in [6, 6.07) is 14.6. The van der Waals surface area contributed by atoms with Gasteiger partial charge in [-0.2, -0.15) is 0 Å². The summed E-state index contributed by atoms with van der Waals surface area (Å²) in [5, 5.41) is 4.12. The van der Waals surface area contributed by atoms with Gasteiger partial charge in [0.1, 0.15) is 11.8 Å². The Bertz CT molecular complexity index is 1090. The Kier molecular flexibility index (Phi) is 5.98. The van der Waals surface area contributed by atoms with E-state index in [2.05, 4.69) is 22.4 Å². The number of fused-ring (bicyclic) bond motifs is 3. The lowest BCUT2D eigenvalue weighted by atomic mass is 9.99. The second-order valence-corrected chi connectivity index (χ2v) is 8.29. The first-order chi connectivity index (χ1) is 15.0. The van der Waals surface area contributed by atoms with E-state index in [9.17, 15) is 9.59 Å². The van der Waals surface area contributed by atoms with Crippen LogP contribution in [0.25, 0.3) is 10.9 Å². The third-order valence-corrected chi connectivity index (χ3v) is 5.84. The predicted octanol–water partition coefficient (Wildman–Crippen LogP) is 3.91. The number of nitrogens with zero attached hydrogens (tertiary/aromatic N) is 1. The number of para-hydroxylation sites is 1. The standard InChI is InChI=1S/C25H29N3O3/c1-4-31-18-11-9-17(10-12-18)24(29)27-23(16(2)3)25(30)28-14-13-22-20(15-28)19-7-5-6-8-21(19)26-22/h5-12,16,23,26H,4,13-15H2,1-3H3,(H,27,29)/t23-/m1/s1. The van der Waals surface area contributed by atoms with Gasteiger partial charge in [-0.3, -0.25) is 9.59 Å². The molecule has 0 aliphatic carbocycles. The number of carbonyl (C=O) groups is 2. The lowest BCUT2D eigenvalue weighted by Gasteiger charge is -2.32. The number of amides is 2. The normalized spacial score (nSPS) is 14.4. The van der Waals surface area contributed by atoms with Gasteiger partial charge in [0.05, 0.1) is 6.61 Å². The Labute approximate surface area is 182 Å². The van der Waals surface area contributed by atoms with Crippen LogP contribution >= 0.6 is 0 Å². The summed E-state index contributed by atoms with van der Waals surface area (Å²) in [5.74, 6) is 0.409. The predicted molar refractivity (Wildman–Crippen MR) is 121 cm³/mol. The average molecular weight is 420 g/mol. The quantitative estimate of drug-likeness (QED) is 0.636. The number of H-pyrrole nitrogens is 1. The van der Waals surface area contributed by atoms with E-state index >= 15 is 0 Å². The van der Waals surface area contributed by atoms with Crippen molar-refractivity contribution in [3.63, 3.8) is 0 Å². The first-order valence-electron chi connectivity index (χ1n) is 10.9. The molecule has 6 heteroatoms. The summed E-state index contributed by atoms with van der Waals surface area (Å²) in [7, 11) is 0. The van der Waals surface area contributed by atoms with Crippen LogP contribution in [0.2, 0.25) is 0 Å². The second kappa shape index (κ2) is 8.84. The molecule has 2 amide bonds. The molecule has 2 N–H and O–H groups in total. The minimum Gasteiger partial charge on any atom is -0.494 e. The fourth-order valence-corrected chi connectivity index (χ4v) is 4.16. The van der Waals surface area contributed by atoms with Gasteiger partial charge < -0.3 is 19.9 Å². The number of aromatic amines is 1. The Balaban J connectivity index is 1.49. The molecule has 1 aliphatic heterocycles. The van der Waals surface area contributed by atoms with E-state index in [-0.39, 0.29) is 17.7 Å². The van der Waals surface area contributed by atoms with Crippen LogP contribution in [0.15, 0.2) is 48.5 Å². The maximum Gasteiger partial charge on any atom is 0.251 e. The van der Waals surface area contributed by atoms with Crippen LogP contribution in [0.4, 0.5) is 0 Å². The van der Waals surface area contributed by atoms with Crippen molar-refractivity contribution >= 4 is 22.7 Å². The van der Waals surface area contributed by atoms with Gasteiger partial charge in [0, 0.05) is 47.2 Å². The maximum atomic E-state index is 13.4. The maximum absolute atomic E-state index is 13.4. The summed E-state index contributed by atoms with van der Waals surface area (Å²) >= 11 is 0. The molecule has 1 aliphatic rings. The van der Waals surface area contributed by atoms with Gasteiger partial charge >= 0.3 is 0 Å². The van der Waals surface area contributed by atoms with Crippen LogP contribution in [0.1, 0.15) is 42.4 Å². The Morgan fingerprint density at radius 3 is 2.58 bits per heavy atom. The molecule has 31 heavy (non-hydrogen) atoms. The molecule has 0 unspecified atom stereocenters. The molecule has 1 atom stereocenters. The van der Waals surface area contributed by atoms with Crippen LogP contribution in [0.3, 0.4) is 0 Å². The van der Waals surface area contributed by atoms with Crippen molar-refractivity contribution in [2.45, 2.75) is 39.8 Å². The van der Waals surface area contributed by atoms with Gasteiger partial charge in [0.25, 0.3) is 5.91 Å². The first-order valence-corrected chi connectivity index (χ1v) is 10.9. The lowest BCUT2D eigenvalue weighted by molar-refractivity contribution is -0.135. The highest BCUT2D eigenvalue weighted by atomic mass is 16.5. The second-order valence-electron chi connectivity index (χ2n) is 8.29. The minimum absolute atomic E-state index is 0.0245. The van der Waals surface area contributed by atoms with Crippen molar-refractivity contribution in [2.75, 3.05) is 13.2 Å². The summed E-state index contributed by atoms with van der Waals surface area (Å²) < 4.78 is 5.43. The molecule has 0 bridgehead atoms. The van der Waals surface area contributed by atoms with E-state index in [1.165, 1.54) is 11.3 Å². The van der Waals surface area contributed by atoms with Crippen LogP contribution in [-0.2, 0) is 17.8 Å².